The molecule has 1 aromatic rings. The molecule has 0 saturated heterocycles. The number of benzene rings is 1. The van der Waals surface area contributed by atoms with Crippen molar-refractivity contribution in [3.05, 3.63) is 34.9 Å². The highest BCUT2D eigenvalue weighted by Gasteiger charge is 2.50. The first-order chi connectivity index (χ1) is 9.25. The molecule has 0 radical (unpaired) electrons. The van der Waals surface area contributed by atoms with E-state index in [1.54, 1.807) is 0 Å². The summed E-state index contributed by atoms with van der Waals surface area (Å²) in [4.78, 5) is 13.8. The number of hydrogen-bond donors (Lipinski definition) is 1. The molecule has 110 valence electrons. The summed E-state index contributed by atoms with van der Waals surface area (Å²) in [6, 6.07) is 5.05. The van der Waals surface area contributed by atoms with Gasteiger partial charge in [0, 0.05) is 17.1 Å². The minimum Gasteiger partial charge on any atom is -0.344 e. The lowest BCUT2D eigenvalue weighted by atomic mass is 10.1. The second-order valence-electron chi connectivity index (χ2n) is 5.55. The van der Waals surface area contributed by atoms with E-state index in [2.05, 4.69) is 5.32 Å². The Morgan fingerprint density at radius 3 is 2.35 bits per heavy atom. The Bertz CT molecular complexity index is 498. The number of likely N-dealkylation sites (N-methyl/N-ethyl adjacent to an activating group) is 1. The molecule has 6 heteroatoms. The SMILES string of the molecule is CN(C)CC1(NC(=O)C(F)(F)c2ccc(Cl)cc2)CC1. The second kappa shape index (κ2) is 5.30. The molecule has 1 aliphatic rings. The molecule has 1 amide bonds. The smallest absolute Gasteiger partial charge is 0.344 e. The van der Waals surface area contributed by atoms with Gasteiger partial charge in [0.2, 0.25) is 0 Å². The van der Waals surface area contributed by atoms with Gasteiger partial charge in [-0.05, 0) is 39.1 Å². The fourth-order valence-electron chi connectivity index (χ4n) is 2.19. The van der Waals surface area contributed by atoms with Crippen LogP contribution in [0.15, 0.2) is 24.3 Å². The van der Waals surface area contributed by atoms with Crippen molar-refractivity contribution in [2.24, 2.45) is 0 Å². The van der Waals surface area contributed by atoms with Gasteiger partial charge >= 0.3 is 5.92 Å². The van der Waals surface area contributed by atoms with Crippen LogP contribution in [0.5, 0.6) is 0 Å². The van der Waals surface area contributed by atoms with E-state index >= 15 is 0 Å². The summed E-state index contributed by atoms with van der Waals surface area (Å²) in [5, 5.41) is 2.85. The monoisotopic (exact) mass is 302 g/mol. The highest BCUT2D eigenvalue weighted by atomic mass is 35.5. The summed E-state index contributed by atoms with van der Waals surface area (Å²) in [5.74, 6) is -4.80. The number of amides is 1. The summed E-state index contributed by atoms with van der Waals surface area (Å²) in [6.07, 6.45) is 1.46. The molecule has 0 heterocycles. The third kappa shape index (κ3) is 3.27. The molecule has 3 nitrogen and oxygen atoms in total. The molecule has 20 heavy (non-hydrogen) atoms. The maximum atomic E-state index is 14.1. The van der Waals surface area contributed by atoms with Crippen LogP contribution in [-0.4, -0.2) is 37.0 Å². The molecule has 0 aromatic heterocycles. The fraction of sp³-hybridized carbons (Fsp3) is 0.500. The Balaban J connectivity index is 2.09. The van der Waals surface area contributed by atoms with Crippen molar-refractivity contribution in [3.63, 3.8) is 0 Å². The fourth-order valence-corrected chi connectivity index (χ4v) is 2.31. The van der Waals surface area contributed by atoms with Crippen LogP contribution in [0.4, 0.5) is 8.78 Å². The number of nitrogens with zero attached hydrogens (tertiary/aromatic N) is 1. The van der Waals surface area contributed by atoms with Crippen LogP contribution in [0.3, 0.4) is 0 Å². The molecule has 0 atom stereocenters. The molecule has 0 bridgehead atoms. The molecule has 1 saturated carbocycles. The van der Waals surface area contributed by atoms with E-state index in [4.69, 9.17) is 11.6 Å². The van der Waals surface area contributed by atoms with Gasteiger partial charge < -0.3 is 10.2 Å². The Labute approximate surface area is 121 Å². The van der Waals surface area contributed by atoms with Crippen LogP contribution in [0.1, 0.15) is 18.4 Å². The molecule has 1 aliphatic carbocycles. The lowest BCUT2D eigenvalue weighted by molar-refractivity contribution is -0.148. The van der Waals surface area contributed by atoms with Crippen LogP contribution in [0.2, 0.25) is 5.02 Å². The number of alkyl halides is 2. The number of halogens is 3. The maximum Gasteiger partial charge on any atom is 0.349 e. The zero-order valence-corrected chi connectivity index (χ0v) is 12.2. The average molecular weight is 303 g/mol. The normalized spacial score (nSPS) is 17.1. The predicted molar refractivity (Wildman–Crippen MR) is 74.0 cm³/mol. The number of carbonyl (C=O) groups is 1. The highest BCUT2D eigenvalue weighted by Crippen LogP contribution is 2.38. The van der Waals surface area contributed by atoms with Gasteiger partial charge in [0.1, 0.15) is 0 Å². The van der Waals surface area contributed by atoms with Crippen molar-refractivity contribution in [1.82, 2.24) is 10.2 Å². The molecule has 1 fully saturated rings. The summed E-state index contributed by atoms with van der Waals surface area (Å²) in [5.41, 5.74) is -0.851. The topological polar surface area (TPSA) is 32.3 Å². The maximum absolute atomic E-state index is 14.1. The lowest BCUT2D eigenvalue weighted by Crippen LogP contribution is -2.49. The van der Waals surface area contributed by atoms with Gasteiger partial charge in [-0.2, -0.15) is 8.78 Å². The molecular weight excluding hydrogens is 286 g/mol. The van der Waals surface area contributed by atoms with Crippen molar-refractivity contribution in [1.29, 1.82) is 0 Å². The van der Waals surface area contributed by atoms with Gasteiger partial charge in [-0.15, -0.1) is 0 Å². The van der Waals surface area contributed by atoms with Crippen molar-refractivity contribution in [2.75, 3.05) is 20.6 Å². The van der Waals surface area contributed by atoms with Crippen LogP contribution in [0, 0.1) is 0 Å². The number of nitrogens with one attached hydrogen (secondary N) is 1. The molecule has 1 aromatic carbocycles. The second-order valence-corrected chi connectivity index (χ2v) is 5.99. The van der Waals surface area contributed by atoms with Crippen LogP contribution in [0.25, 0.3) is 0 Å². The average Bonchev–Trinajstić information content (AvgIpc) is 3.08. The third-order valence-corrected chi connectivity index (χ3v) is 3.60. The van der Waals surface area contributed by atoms with Gasteiger partial charge in [0.25, 0.3) is 5.91 Å². The summed E-state index contributed by atoms with van der Waals surface area (Å²) >= 11 is 5.66. The Morgan fingerprint density at radius 2 is 1.90 bits per heavy atom. The molecular formula is C14H17ClF2N2O. The zero-order chi connectivity index (χ0) is 15.0. The third-order valence-electron chi connectivity index (χ3n) is 3.34. The van der Waals surface area contributed by atoms with Gasteiger partial charge in [-0.1, -0.05) is 23.7 Å². The zero-order valence-electron chi connectivity index (χ0n) is 11.4. The van der Waals surface area contributed by atoms with Crippen molar-refractivity contribution in [3.8, 4) is 0 Å². The molecule has 0 unspecified atom stereocenters. The quantitative estimate of drug-likeness (QED) is 0.907. The minimum atomic E-state index is -3.55. The van der Waals surface area contributed by atoms with E-state index in [-0.39, 0.29) is 5.56 Å². The summed E-state index contributed by atoms with van der Waals surface area (Å²) in [6.45, 7) is 0.565. The van der Waals surface area contributed by atoms with E-state index in [0.717, 1.165) is 12.8 Å². The van der Waals surface area contributed by atoms with Gasteiger partial charge in [0.05, 0.1) is 5.54 Å². The largest absolute Gasteiger partial charge is 0.349 e. The van der Waals surface area contributed by atoms with Gasteiger partial charge in [-0.3, -0.25) is 4.79 Å². The van der Waals surface area contributed by atoms with Gasteiger partial charge in [0.15, 0.2) is 0 Å². The number of rotatable bonds is 5. The minimum absolute atomic E-state index is 0.347. The van der Waals surface area contributed by atoms with E-state index < -0.39 is 17.4 Å². The molecule has 0 spiro atoms. The highest BCUT2D eigenvalue weighted by molar-refractivity contribution is 6.30. The van der Waals surface area contributed by atoms with E-state index in [1.807, 2.05) is 19.0 Å². The number of hydrogen-bond acceptors (Lipinski definition) is 2. The van der Waals surface area contributed by atoms with E-state index in [0.29, 0.717) is 11.6 Å². The molecule has 2 rings (SSSR count). The predicted octanol–water partition coefficient (Wildman–Crippen LogP) is 2.64. The first-order valence-electron chi connectivity index (χ1n) is 6.36. The Kier molecular flexibility index (Phi) is 4.02. The van der Waals surface area contributed by atoms with Crippen molar-refractivity contribution >= 4 is 17.5 Å². The Hall–Kier alpha value is -1.20. The Morgan fingerprint density at radius 1 is 1.35 bits per heavy atom. The molecule has 0 aliphatic heterocycles. The number of carbonyl (C=O) groups excluding carboxylic acids is 1. The molecule has 1 N–H and O–H groups in total. The summed E-state index contributed by atoms with van der Waals surface area (Å²) < 4.78 is 28.2. The first-order valence-corrected chi connectivity index (χ1v) is 6.74. The van der Waals surface area contributed by atoms with Crippen LogP contribution < -0.4 is 5.32 Å². The van der Waals surface area contributed by atoms with Gasteiger partial charge in [-0.25, -0.2) is 0 Å². The van der Waals surface area contributed by atoms with Crippen molar-refractivity contribution in [2.45, 2.75) is 24.3 Å². The van der Waals surface area contributed by atoms with E-state index in [1.165, 1.54) is 24.3 Å². The van der Waals surface area contributed by atoms with Crippen molar-refractivity contribution < 1.29 is 13.6 Å². The first kappa shape index (κ1) is 15.2. The summed E-state index contributed by atoms with van der Waals surface area (Å²) in [7, 11) is 3.70. The van der Waals surface area contributed by atoms with Crippen LogP contribution in [-0.2, 0) is 10.7 Å². The van der Waals surface area contributed by atoms with E-state index in [9.17, 15) is 13.6 Å². The van der Waals surface area contributed by atoms with Crippen LogP contribution >= 0.6 is 11.6 Å². The standard InChI is InChI=1S/C14H17ClF2N2O/c1-19(2)9-13(7-8-13)18-12(20)14(16,17)10-3-5-11(15)6-4-10/h3-6H,7-9H2,1-2H3,(H,18,20). The lowest BCUT2D eigenvalue weighted by Gasteiger charge is -2.24.